The summed E-state index contributed by atoms with van der Waals surface area (Å²) < 4.78 is 46.1. The molecule has 0 N–H and O–H groups in total. The molecule has 0 fully saturated rings. The van der Waals surface area contributed by atoms with Gasteiger partial charge in [-0.2, -0.15) is 5.26 Å². The minimum Gasteiger partial charge on any atom is -0.469 e. The summed E-state index contributed by atoms with van der Waals surface area (Å²) in [6, 6.07) is 2.25. The Kier molecular flexibility index (Phi) is 21.7. The van der Waals surface area contributed by atoms with Crippen LogP contribution >= 0.6 is 8.53 Å². The molecular formula is C26H47N2O11P. The molecule has 0 saturated heterocycles. The van der Waals surface area contributed by atoms with Crippen molar-refractivity contribution in [2.24, 2.45) is 5.41 Å². The van der Waals surface area contributed by atoms with E-state index < -0.39 is 31.8 Å². The van der Waals surface area contributed by atoms with Gasteiger partial charge in [-0.05, 0) is 27.7 Å². The quantitative estimate of drug-likeness (QED) is 0.0697. The van der Waals surface area contributed by atoms with E-state index in [2.05, 4.69) is 25.0 Å². The van der Waals surface area contributed by atoms with E-state index in [1.165, 1.54) is 21.3 Å². The number of nitrogens with zero attached hydrogens (tertiary/aromatic N) is 2. The zero-order chi connectivity index (χ0) is 30.4. The van der Waals surface area contributed by atoms with Crippen molar-refractivity contribution < 1.29 is 51.9 Å². The lowest BCUT2D eigenvalue weighted by molar-refractivity contribution is -0.143. The molecule has 0 aromatic carbocycles. The summed E-state index contributed by atoms with van der Waals surface area (Å²) in [5.74, 6) is -1.24. The fourth-order valence-electron chi connectivity index (χ4n) is 3.39. The van der Waals surface area contributed by atoms with Gasteiger partial charge in [0, 0.05) is 12.1 Å². The number of rotatable bonds is 24. The van der Waals surface area contributed by atoms with Gasteiger partial charge >= 0.3 is 17.9 Å². The first-order valence-electron chi connectivity index (χ1n) is 13.2. The van der Waals surface area contributed by atoms with Gasteiger partial charge in [0.05, 0.1) is 111 Å². The number of methoxy groups -OCH3 is 3. The second-order valence-corrected chi connectivity index (χ2v) is 10.9. The molecule has 0 radical (unpaired) electrons. The predicted octanol–water partition coefficient (Wildman–Crippen LogP) is 3.00. The zero-order valence-corrected chi connectivity index (χ0v) is 25.9. The molecule has 0 aromatic heterocycles. The Bertz CT molecular complexity index is 694. The highest BCUT2D eigenvalue weighted by Gasteiger charge is 2.36. The largest absolute Gasteiger partial charge is 0.469 e. The van der Waals surface area contributed by atoms with Gasteiger partial charge in [0.25, 0.3) is 8.53 Å². The van der Waals surface area contributed by atoms with Gasteiger partial charge in [-0.3, -0.25) is 14.4 Å². The number of carbonyl (C=O) groups is 3. The average Bonchev–Trinajstić information content (AvgIpc) is 2.93. The fraction of sp³-hybridized carbons (Fsp3) is 0.846. The SMILES string of the molecule is COC(=O)CCOCC(COCCC(=O)OC)(COCCC(=O)OC)COP(OCCC#N)N(C(C)C)C(C)C. The smallest absolute Gasteiger partial charge is 0.307 e. The molecule has 0 saturated carbocycles. The van der Waals surface area contributed by atoms with Crippen LogP contribution in [0.3, 0.4) is 0 Å². The second kappa shape index (κ2) is 22.7. The first-order valence-corrected chi connectivity index (χ1v) is 14.3. The van der Waals surface area contributed by atoms with Gasteiger partial charge in [0.2, 0.25) is 0 Å². The standard InChI is InChI=1S/C26H47N2O11P/c1-21(2)28(22(3)4)40(38-13-8-12-27)39-20-26(17-35-14-9-23(29)32-5,18-36-15-10-24(30)33-6)19-37-16-11-25(31)34-7/h21-22H,8-11,13-20H2,1-7H3. The van der Waals surface area contributed by atoms with Crippen LogP contribution in [0.5, 0.6) is 0 Å². The number of hydrogen-bond acceptors (Lipinski definition) is 13. The van der Waals surface area contributed by atoms with Crippen molar-refractivity contribution in [2.45, 2.75) is 65.5 Å². The Hall–Kier alpha value is -1.91. The summed E-state index contributed by atoms with van der Waals surface area (Å²) in [5.41, 5.74) is -0.902. The molecule has 0 rings (SSSR count). The Labute approximate surface area is 239 Å². The van der Waals surface area contributed by atoms with E-state index in [0.29, 0.717) is 0 Å². The third-order valence-electron chi connectivity index (χ3n) is 5.40. The van der Waals surface area contributed by atoms with Gasteiger partial charge in [0.15, 0.2) is 0 Å². The Morgan fingerprint density at radius 2 is 1.10 bits per heavy atom. The lowest BCUT2D eigenvalue weighted by Crippen LogP contribution is -2.43. The van der Waals surface area contributed by atoms with E-state index >= 15 is 0 Å². The predicted molar refractivity (Wildman–Crippen MR) is 146 cm³/mol. The van der Waals surface area contributed by atoms with E-state index in [0.717, 1.165) is 0 Å². The maximum Gasteiger partial charge on any atom is 0.307 e. The Morgan fingerprint density at radius 1 is 0.700 bits per heavy atom. The van der Waals surface area contributed by atoms with Crippen molar-refractivity contribution in [3.05, 3.63) is 0 Å². The number of nitriles is 1. The number of carbonyl (C=O) groups excluding carboxylic acids is 3. The summed E-state index contributed by atoms with van der Waals surface area (Å²) >= 11 is 0. The molecule has 0 aliphatic heterocycles. The molecule has 40 heavy (non-hydrogen) atoms. The van der Waals surface area contributed by atoms with Crippen LogP contribution in [0.2, 0.25) is 0 Å². The zero-order valence-electron chi connectivity index (χ0n) is 25.0. The van der Waals surface area contributed by atoms with Crippen molar-refractivity contribution in [1.29, 1.82) is 5.26 Å². The van der Waals surface area contributed by atoms with E-state index in [4.69, 9.17) is 28.5 Å². The third kappa shape index (κ3) is 17.0. The normalized spacial score (nSPS) is 12.4. The number of ether oxygens (including phenoxy) is 6. The molecule has 232 valence electrons. The highest BCUT2D eigenvalue weighted by molar-refractivity contribution is 7.44. The summed E-state index contributed by atoms with van der Waals surface area (Å²) in [4.78, 5) is 34.7. The highest BCUT2D eigenvalue weighted by Crippen LogP contribution is 2.47. The maximum atomic E-state index is 11.6. The first kappa shape index (κ1) is 38.1. The van der Waals surface area contributed by atoms with Crippen LogP contribution in [0.1, 0.15) is 53.4 Å². The van der Waals surface area contributed by atoms with Crippen molar-refractivity contribution in [3.8, 4) is 6.07 Å². The van der Waals surface area contributed by atoms with Crippen LogP contribution in [0.4, 0.5) is 0 Å². The van der Waals surface area contributed by atoms with Crippen molar-refractivity contribution in [1.82, 2.24) is 4.67 Å². The van der Waals surface area contributed by atoms with Gasteiger partial charge < -0.3 is 37.5 Å². The summed E-state index contributed by atoms with van der Waals surface area (Å²) in [5, 5.41) is 9.00. The van der Waals surface area contributed by atoms with E-state index in [-0.39, 0.29) is 90.6 Å². The molecule has 1 atom stereocenters. The first-order chi connectivity index (χ1) is 19.1. The fourth-order valence-corrected chi connectivity index (χ4v) is 5.12. The molecule has 13 nitrogen and oxygen atoms in total. The van der Waals surface area contributed by atoms with Crippen LogP contribution in [-0.2, 0) is 51.9 Å². The molecular weight excluding hydrogens is 547 g/mol. The van der Waals surface area contributed by atoms with Gasteiger partial charge in [-0.25, -0.2) is 4.67 Å². The van der Waals surface area contributed by atoms with Crippen LogP contribution < -0.4 is 0 Å². The second-order valence-electron chi connectivity index (χ2n) is 9.46. The molecule has 0 aliphatic rings. The van der Waals surface area contributed by atoms with Crippen molar-refractivity contribution in [2.75, 3.05) is 74.2 Å². The van der Waals surface area contributed by atoms with Crippen LogP contribution in [0.15, 0.2) is 0 Å². The van der Waals surface area contributed by atoms with Crippen molar-refractivity contribution in [3.63, 3.8) is 0 Å². The average molecular weight is 595 g/mol. The maximum absolute atomic E-state index is 11.6. The van der Waals surface area contributed by atoms with E-state index in [1.807, 2.05) is 27.7 Å². The minimum absolute atomic E-state index is 0.0539. The molecule has 0 amide bonds. The molecule has 0 heterocycles. The molecule has 0 spiro atoms. The monoisotopic (exact) mass is 594 g/mol. The Balaban J connectivity index is 5.88. The van der Waals surface area contributed by atoms with Gasteiger partial charge in [-0.15, -0.1) is 0 Å². The summed E-state index contributed by atoms with van der Waals surface area (Å²) in [7, 11) is 2.32. The van der Waals surface area contributed by atoms with Gasteiger partial charge in [0.1, 0.15) is 0 Å². The minimum atomic E-state index is -1.58. The Morgan fingerprint density at radius 3 is 1.43 bits per heavy atom. The summed E-state index contributed by atoms with van der Waals surface area (Å²) in [6.07, 6.45) is 0.371. The number of hydrogen-bond donors (Lipinski definition) is 0. The van der Waals surface area contributed by atoms with Crippen molar-refractivity contribution >= 4 is 26.4 Å². The third-order valence-corrected chi connectivity index (χ3v) is 7.46. The van der Waals surface area contributed by atoms with Crippen LogP contribution in [-0.4, -0.2) is 109 Å². The van der Waals surface area contributed by atoms with Gasteiger partial charge in [-0.1, -0.05) is 0 Å². The highest BCUT2D eigenvalue weighted by atomic mass is 31.2. The molecule has 0 aromatic rings. The van der Waals surface area contributed by atoms with Crippen LogP contribution in [0.25, 0.3) is 0 Å². The lowest BCUT2D eigenvalue weighted by Gasteiger charge is -2.39. The van der Waals surface area contributed by atoms with Crippen LogP contribution in [0, 0.1) is 16.7 Å². The topological polar surface area (TPSA) is 152 Å². The molecule has 0 bridgehead atoms. The number of esters is 3. The molecule has 0 aliphatic carbocycles. The van der Waals surface area contributed by atoms with E-state index in [1.54, 1.807) is 0 Å². The van der Waals surface area contributed by atoms with E-state index in [9.17, 15) is 14.4 Å². The molecule has 1 unspecified atom stereocenters. The summed E-state index contributed by atoms with van der Waals surface area (Å²) in [6.45, 7) is 8.89. The molecule has 14 heteroatoms. The lowest BCUT2D eigenvalue weighted by atomic mass is 9.92.